The molecule has 1 saturated heterocycles. The highest BCUT2D eigenvalue weighted by molar-refractivity contribution is 7.46. The lowest BCUT2D eigenvalue weighted by Gasteiger charge is -2.28. The maximum atomic E-state index is 14.0. The molecule has 1 aromatic carbocycles. The minimum absolute atomic E-state index is 0.0817. The second kappa shape index (κ2) is 22.3. The van der Waals surface area contributed by atoms with Crippen LogP contribution in [-0.4, -0.2) is 114 Å². The Morgan fingerprint density at radius 2 is 1.58 bits per heavy atom. The highest BCUT2D eigenvalue weighted by Gasteiger charge is 2.37. The maximum Gasteiger partial charge on any atom is 0.469 e. The van der Waals surface area contributed by atoms with Gasteiger partial charge in [0.1, 0.15) is 30.2 Å². The molecule has 0 bridgehead atoms. The fraction of sp³-hybridized carbons (Fsp3) is 0.595. The van der Waals surface area contributed by atoms with Crippen LogP contribution in [0.15, 0.2) is 42.9 Å². The van der Waals surface area contributed by atoms with Crippen molar-refractivity contribution in [3.8, 4) is 0 Å². The third-order valence-corrected chi connectivity index (χ3v) is 10.2. The number of hydrogen-bond acceptors (Lipinski definition) is 10. The average Bonchev–Trinajstić information content (AvgIpc) is 3.81. The van der Waals surface area contributed by atoms with Gasteiger partial charge >= 0.3 is 7.82 Å². The molecule has 3 rings (SSSR count). The number of rotatable bonds is 23. The number of carbonyl (C=O) groups excluding carboxylic acids is 6. The molecule has 2 heterocycles. The maximum absolute atomic E-state index is 14.0. The number of hydrogen-bond donors (Lipinski definition) is 8. The smallest absolute Gasteiger partial charge is 0.394 e. The predicted molar refractivity (Wildman–Crippen MR) is 206 cm³/mol. The van der Waals surface area contributed by atoms with E-state index in [0.29, 0.717) is 31.6 Å². The van der Waals surface area contributed by atoms with E-state index in [4.69, 9.17) is 5.73 Å². The van der Waals surface area contributed by atoms with Crippen LogP contribution < -0.4 is 27.0 Å². The van der Waals surface area contributed by atoms with E-state index < -0.39 is 80.3 Å². The molecule has 9 N–H and O–H groups in total. The molecule has 316 valence electrons. The lowest BCUT2D eigenvalue weighted by atomic mass is 10.0. The van der Waals surface area contributed by atoms with E-state index in [9.17, 15) is 48.2 Å². The van der Waals surface area contributed by atoms with Crippen LogP contribution >= 0.6 is 7.82 Å². The molecule has 0 unspecified atom stereocenters. The van der Waals surface area contributed by atoms with Crippen LogP contribution in [0.25, 0.3) is 0 Å². The van der Waals surface area contributed by atoms with Crippen LogP contribution in [0, 0.1) is 5.92 Å². The molecule has 1 aliphatic heterocycles. The van der Waals surface area contributed by atoms with Gasteiger partial charge in [-0.25, -0.2) is 9.55 Å². The summed E-state index contributed by atoms with van der Waals surface area (Å²) in [6.45, 7) is 6.12. The summed E-state index contributed by atoms with van der Waals surface area (Å²) in [4.78, 5) is 103. The van der Waals surface area contributed by atoms with E-state index in [2.05, 4.69) is 42.9 Å². The number of aromatic nitrogens is 2. The molecule has 20 heteroatoms. The highest BCUT2D eigenvalue weighted by atomic mass is 31.2. The van der Waals surface area contributed by atoms with Gasteiger partial charge in [-0.15, -0.1) is 0 Å². The Kier molecular flexibility index (Phi) is 18.3. The van der Waals surface area contributed by atoms with Gasteiger partial charge in [-0.1, -0.05) is 50.6 Å². The van der Waals surface area contributed by atoms with Crippen molar-refractivity contribution in [2.75, 3.05) is 13.2 Å². The van der Waals surface area contributed by atoms with Gasteiger partial charge in [0.05, 0.1) is 19.0 Å². The number of aryl methyl sites for hydroxylation is 2. The second-order valence-corrected chi connectivity index (χ2v) is 15.8. The predicted octanol–water partition coefficient (Wildman–Crippen LogP) is -0.190. The number of likely N-dealkylation sites (tertiary alicyclic amines) is 1. The molecule has 0 saturated carbocycles. The first-order valence-electron chi connectivity index (χ1n) is 19.1. The number of phosphoric acid groups is 1. The number of primary amides is 1. The lowest BCUT2D eigenvalue weighted by molar-refractivity contribution is -0.139. The standard InChI is InChI=1S/C37H57N8O11P/c1-23(2)18-28(41-37(52)31-15-11-17-45(31)25(4)47)34(49)40-29(19-27-20-39-22-44(27)16-10-6-9-14-26-12-7-5-8-13-26)35(50)42-30(21-46)36(51)43-32(33(38)48)24(3)56-57(53,54)55/h5,7-8,12-13,20,22-24,28-32,46H,6,9-11,14-19,21H2,1-4H3,(H2,38,48)(H,40,49)(H,41,52)(H,42,50)(H,43,51)(H2,53,54,55)/t24-,28+,29+,30+,31+,32+/m1/s1. The Labute approximate surface area is 332 Å². The largest absolute Gasteiger partial charge is 0.469 e. The van der Waals surface area contributed by atoms with Crippen molar-refractivity contribution in [3.63, 3.8) is 0 Å². The Morgan fingerprint density at radius 3 is 2.19 bits per heavy atom. The van der Waals surface area contributed by atoms with E-state index in [1.165, 1.54) is 23.6 Å². The zero-order valence-corrected chi connectivity index (χ0v) is 33.7. The fourth-order valence-corrected chi connectivity index (χ4v) is 7.20. The van der Waals surface area contributed by atoms with E-state index in [0.717, 1.165) is 32.6 Å². The summed E-state index contributed by atoms with van der Waals surface area (Å²) in [6, 6.07) is 3.35. The van der Waals surface area contributed by atoms with Crippen molar-refractivity contribution in [3.05, 3.63) is 54.1 Å². The van der Waals surface area contributed by atoms with E-state index in [-0.39, 0.29) is 24.7 Å². The molecule has 6 atom stereocenters. The van der Waals surface area contributed by atoms with Gasteiger partial charge in [-0.05, 0) is 56.9 Å². The van der Waals surface area contributed by atoms with Crippen molar-refractivity contribution >= 4 is 43.3 Å². The first-order valence-corrected chi connectivity index (χ1v) is 20.6. The number of amides is 6. The minimum Gasteiger partial charge on any atom is -0.394 e. The quantitative estimate of drug-likeness (QED) is 0.0535. The molecule has 0 radical (unpaired) electrons. The SMILES string of the molecule is CC(=O)N1CCC[C@H]1C(=O)N[C@@H](CC(C)C)C(=O)N[C@@H](Cc1cncn1CCCCCc1ccccc1)C(=O)N[C@@H](CO)C(=O)N[C@H](C(N)=O)[C@@H](C)OP(=O)(O)O. The number of aliphatic hydroxyl groups is 1. The monoisotopic (exact) mass is 820 g/mol. The molecule has 1 aliphatic rings. The van der Waals surface area contributed by atoms with Gasteiger partial charge in [0.15, 0.2) is 0 Å². The number of imidazole rings is 1. The van der Waals surface area contributed by atoms with E-state index in [1.54, 1.807) is 6.33 Å². The molecule has 57 heavy (non-hydrogen) atoms. The van der Waals surface area contributed by atoms with Crippen LogP contribution in [0.5, 0.6) is 0 Å². The lowest BCUT2D eigenvalue weighted by Crippen LogP contribution is -2.61. The summed E-state index contributed by atoms with van der Waals surface area (Å²) in [7, 11) is -5.10. The number of aliphatic hydroxyl groups excluding tert-OH is 1. The van der Waals surface area contributed by atoms with Crippen molar-refractivity contribution in [2.24, 2.45) is 11.7 Å². The van der Waals surface area contributed by atoms with Gasteiger partial charge in [0.2, 0.25) is 35.4 Å². The number of nitrogens with zero attached hydrogens (tertiary/aromatic N) is 3. The fourth-order valence-electron chi connectivity index (χ4n) is 6.65. The molecule has 2 aromatic rings. The molecular formula is C37H57N8O11P. The van der Waals surface area contributed by atoms with Crippen LogP contribution in [0.1, 0.15) is 77.5 Å². The van der Waals surface area contributed by atoms with Gasteiger partial charge in [0, 0.05) is 38.3 Å². The van der Waals surface area contributed by atoms with Crippen LogP contribution in [0.4, 0.5) is 0 Å². The Balaban J connectivity index is 1.82. The molecule has 1 fully saturated rings. The number of nitrogens with one attached hydrogen (secondary N) is 4. The summed E-state index contributed by atoms with van der Waals surface area (Å²) in [5.74, 6) is -4.84. The summed E-state index contributed by atoms with van der Waals surface area (Å²) in [5, 5.41) is 20.1. The molecule has 6 amide bonds. The van der Waals surface area contributed by atoms with E-state index in [1.807, 2.05) is 36.6 Å². The molecule has 0 aliphatic carbocycles. The molecule has 19 nitrogen and oxygen atoms in total. The zero-order chi connectivity index (χ0) is 42.3. The van der Waals surface area contributed by atoms with Gasteiger partial charge < -0.3 is 51.4 Å². The molecule has 1 aromatic heterocycles. The topological polar surface area (TPSA) is 285 Å². The third kappa shape index (κ3) is 15.3. The Bertz CT molecular complexity index is 1720. The Hall–Kier alpha value is -4.68. The normalized spacial score (nSPS) is 16.9. The van der Waals surface area contributed by atoms with Gasteiger partial charge in [0.25, 0.3) is 0 Å². The summed E-state index contributed by atoms with van der Waals surface area (Å²) >= 11 is 0. The third-order valence-electron chi connectivity index (χ3n) is 9.54. The molecule has 0 spiro atoms. The van der Waals surface area contributed by atoms with E-state index >= 15 is 0 Å². The number of nitrogens with two attached hydrogens (primary N) is 1. The van der Waals surface area contributed by atoms with Crippen LogP contribution in [0.2, 0.25) is 0 Å². The van der Waals surface area contributed by atoms with Gasteiger partial charge in [-0.2, -0.15) is 0 Å². The molecular weight excluding hydrogens is 763 g/mol. The van der Waals surface area contributed by atoms with Crippen LogP contribution in [-0.2, 0) is 57.2 Å². The minimum atomic E-state index is -5.10. The number of benzene rings is 1. The summed E-state index contributed by atoms with van der Waals surface area (Å²) in [5.41, 5.74) is 7.14. The van der Waals surface area contributed by atoms with Crippen molar-refractivity contribution in [1.29, 1.82) is 0 Å². The highest BCUT2D eigenvalue weighted by Crippen LogP contribution is 2.38. The van der Waals surface area contributed by atoms with Crippen LogP contribution in [0.3, 0.4) is 0 Å². The van der Waals surface area contributed by atoms with Crippen molar-refractivity contribution in [2.45, 2.75) is 122 Å². The number of carbonyl (C=O) groups is 6. The average molecular weight is 821 g/mol. The summed E-state index contributed by atoms with van der Waals surface area (Å²) < 4.78 is 17.7. The second-order valence-electron chi connectivity index (χ2n) is 14.6. The van der Waals surface area contributed by atoms with Gasteiger partial charge in [-0.3, -0.25) is 33.3 Å². The first kappa shape index (κ1) is 46.7. The van der Waals surface area contributed by atoms with Crippen molar-refractivity contribution in [1.82, 2.24) is 35.7 Å². The summed E-state index contributed by atoms with van der Waals surface area (Å²) in [6.07, 6.45) is 6.21. The number of unbranched alkanes of at least 4 members (excludes halogenated alkanes) is 2. The zero-order valence-electron chi connectivity index (χ0n) is 32.8. The number of phosphoric ester groups is 1. The Morgan fingerprint density at radius 1 is 0.930 bits per heavy atom. The van der Waals surface area contributed by atoms with Crippen molar-refractivity contribution < 1.29 is 52.7 Å². The first-order chi connectivity index (χ1) is 26.9.